The van der Waals surface area contributed by atoms with Crippen molar-refractivity contribution >= 4 is 10.1 Å². The number of ether oxygens (including phenoxy) is 2. The molecule has 1 aromatic heterocycles. The van der Waals surface area contributed by atoms with Crippen molar-refractivity contribution in [3.8, 4) is 28.6 Å². The van der Waals surface area contributed by atoms with Crippen molar-refractivity contribution in [2.24, 2.45) is 7.05 Å². The zero-order valence-electron chi connectivity index (χ0n) is 16.8. The number of halogens is 3. The lowest BCUT2D eigenvalue weighted by atomic mass is 10.2. The van der Waals surface area contributed by atoms with Crippen molar-refractivity contribution in [2.45, 2.75) is 12.1 Å². The summed E-state index contributed by atoms with van der Waals surface area (Å²) in [5.41, 5.74) is -5.61. The third-order valence-electron chi connectivity index (χ3n) is 4.30. The Morgan fingerprint density at radius 1 is 1.03 bits per heavy atom. The zero-order chi connectivity index (χ0) is 23.5. The molecule has 0 N–H and O–H groups in total. The van der Waals surface area contributed by atoms with Crippen molar-refractivity contribution in [1.82, 2.24) is 9.55 Å². The fourth-order valence-corrected chi connectivity index (χ4v) is 3.12. The minimum Gasteiger partial charge on any atom is -0.497 e. The van der Waals surface area contributed by atoms with Crippen LogP contribution in [0.5, 0.6) is 17.2 Å². The maximum absolute atomic E-state index is 12.7. The molecule has 170 valence electrons. The van der Waals surface area contributed by atoms with E-state index in [4.69, 9.17) is 9.47 Å². The molecule has 0 fully saturated rings. The van der Waals surface area contributed by atoms with Gasteiger partial charge in [-0.1, -0.05) is 24.3 Å². The molecule has 0 aliphatic carbocycles. The quantitative estimate of drug-likeness (QED) is 0.386. The van der Waals surface area contributed by atoms with Crippen molar-refractivity contribution in [3.63, 3.8) is 0 Å². The van der Waals surface area contributed by atoms with Gasteiger partial charge in [-0.15, -0.1) is 0 Å². The molecule has 32 heavy (non-hydrogen) atoms. The highest BCUT2D eigenvalue weighted by atomic mass is 32.2. The number of alkyl halides is 3. The molecule has 0 aliphatic rings. The Bertz CT molecular complexity index is 1270. The normalized spacial score (nSPS) is 11.8. The van der Waals surface area contributed by atoms with E-state index in [1.807, 2.05) is 0 Å². The second kappa shape index (κ2) is 8.91. The summed E-state index contributed by atoms with van der Waals surface area (Å²) in [7, 11) is -3.05. The lowest BCUT2D eigenvalue weighted by molar-refractivity contribution is -0.0499. The molecule has 2 aromatic carbocycles. The zero-order valence-corrected chi connectivity index (χ0v) is 17.6. The number of hydrogen-bond donors (Lipinski definition) is 0. The van der Waals surface area contributed by atoms with Gasteiger partial charge in [0.1, 0.15) is 18.2 Å². The fourth-order valence-electron chi connectivity index (χ4n) is 2.64. The smallest absolute Gasteiger partial charge is 0.497 e. The third-order valence-corrected chi connectivity index (χ3v) is 5.27. The molecule has 0 bridgehead atoms. The Kier molecular flexibility index (Phi) is 6.44. The van der Waals surface area contributed by atoms with Gasteiger partial charge >= 0.3 is 15.6 Å². The molecule has 0 saturated carbocycles. The van der Waals surface area contributed by atoms with E-state index in [-0.39, 0.29) is 23.7 Å². The van der Waals surface area contributed by atoms with Crippen LogP contribution in [0.2, 0.25) is 0 Å². The predicted octanol–water partition coefficient (Wildman–Crippen LogP) is 3.26. The maximum atomic E-state index is 12.7. The summed E-state index contributed by atoms with van der Waals surface area (Å²) in [6.07, 6.45) is 1.11. The van der Waals surface area contributed by atoms with Crippen LogP contribution in [0, 0.1) is 0 Å². The highest BCUT2D eigenvalue weighted by molar-refractivity contribution is 7.88. The molecular weight excluding hydrogens is 453 g/mol. The van der Waals surface area contributed by atoms with Crippen LogP contribution >= 0.6 is 0 Å². The van der Waals surface area contributed by atoms with Crippen molar-refractivity contribution < 1.29 is 35.2 Å². The molecule has 0 saturated heterocycles. The predicted molar refractivity (Wildman–Crippen MR) is 108 cm³/mol. The van der Waals surface area contributed by atoms with Crippen LogP contribution in [0.3, 0.4) is 0 Å². The number of aromatic nitrogens is 2. The average Bonchev–Trinajstić information content (AvgIpc) is 2.75. The summed E-state index contributed by atoms with van der Waals surface area (Å²) in [4.78, 5) is 16.7. The summed E-state index contributed by atoms with van der Waals surface area (Å²) in [6, 6.07) is 12.0. The maximum Gasteiger partial charge on any atom is 0.534 e. The summed E-state index contributed by atoms with van der Waals surface area (Å²) in [5.74, 6) is -0.184. The van der Waals surface area contributed by atoms with Gasteiger partial charge < -0.3 is 13.7 Å². The molecule has 3 rings (SSSR count). The van der Waals surface area contributed by atoms with Crippen LogP contribution in [0.25, 0.3) is 11.4 Å². The highest BCUT2D eigenvalue weighted by Gasteiger charge is 2.48. The summed E-state index contributed by atoms with van der Waals surface area (Å²) in [5, 5.41) is 0. The minimum absolute atomic E-state index is 0.0593. The van der Waals surface area contributed by atoms with Gasteiger partial charge in [-0.3, -0.25) is 9.36 Å². The van der Waals surface area contributed by atoms with Crippen LogP contribution in [0.1, 0.15) is 5.56 Å². The monoisotopic (exact) mass is 470 g/mol. The molecule has 0 spiro atoms. The lowest BCUT2D eigenvalue weighted by Crippen LogP contribution is -2.28. The summed E-state index contributed by atoms with van der Waals surface area (Å²) < 4.78 is 76.8. The van der Waals surface area contributed by atoms with Crippen molar-refractivity contribution in [3.05, 3.63) is 70.6 Å². The van der Waals surface area contributed by atoms with Gasteiger partial charge in [0, 0.05) is 7.05 Å². The lowest BCUT2D eigenvalue weighted by Gasteiger charge is -2.15. The van der Waals surface area contributed by atoms with Crippen molar-refractivity contribution in [2.75, 3.05) is 7.11 Å². The van der Waals surface area contributed by atoms with Crippen LogP contribution < -0.4 is 19.2 Å². The SMILES string of the molecule is COc1ccc(COc2cnc(-c3ccccc3OS(=O)(=O)C(F)(F)F)n(C)c2=O)cc1. The minimum atomic E-state index is -5.91. The molecule has 0 atom stereocenters. The number of benzene rings is 2. The van der Waals surface area contributed by atoms with E-state index in [0.29, 0.717) is 5.75 Å². The molecule has 0 aliphatic heterocycles. The van der Waals surface area contributed by atoms with Crippen LogP contribution in [-0.4, -0.2) is 30.6 Å². The number of nitrogens with zero attached hydrogens (tertiary/aromatic N) is 2. The Labute approximate surface area is 180 Å². The van der Waals surface area contributed by atoms with Gasteiger partial charge in [-0.05, 0) is 29.8 Å². The first-order valence-corrected chi connectivity index (χ1v) is 10.4. The van der Waals surface area contributed by atoms with Gasteiger partial charge in [0.05, 0.1) is 18.9 Å². The van der Waals surface area contributed by atoms with Gasteiger partial charge in [-0.25, -0.2) is 4.98 Å². The second-order valence-corrected chi connectivity index (χ2v) is 7.96. The topological polar surface area (TPSA) is 96.7 Å². The molecule has 3 aromatic rings. The molecular formula is C20H17F3N2O6S. The average molecular weight is 470 g/mol. The Balaban J connectivity index is 1.89. The number of hydrogen-bond acceptors (Lipinski definition) is 7. The highest BCUT2D eigenvalue weighted by Crippen LogP contribution is 2.33. The molecule has 12 heteroatoms. The molecule has 8 nitrogen and oxygen atoms in total. The van der Waals surface area contributed by atoms with Gasteiger partial charge in [0.25, 0.3) is 5.56 Å². The van der Waals surface area contributed by atoms with E-state index in [1.54, 1.807) is 24.3 Å². The van der Waals surface area contributed by atoms with Gasteiger partial charge in [0.2, 0.25) is 5.75 Å². The summed E-state index contributed by atoms with van der Waals surface area (Å²) >= 11 is 0. The first-order chi connectivity index (χ1) is 15.0. The van der Waals surface area contributed by atoms with Crippen LogP contribution in [-0.2, 0) is 23.8 Å². The van der Waals surface area contributed by atoms with Crippen LogP contribution in [0.15, 0.2) is 59.5 Å². The van der Waals surface area contributed by atoms with E-state index in [9.17, 15) is 26.4 Å². The van der Waals surface area contributed by atoms with Gasteiger partial charge in [0.15, 0.2) is 5.75 Å². The van der Waals surface area contributed by atoms with Crippen LogP contribution in [0.4, 0.5) is 13.2 Å². The fraction of sp³-hybridized carbons (Fsp3) is 0.200. The Hall–Kier alpha value is -3.54. The first kappa shape index (κ1) is 23.1. The third kappa shape index (κ3) is 4.85. The van der Waals surface area contributed by atoms with E-state index in [1.165, 1.54) is 32.4 Å². The van der Waals surface area contributed by atoms with E-state index in [0.717, 1.165) is 22.4 Å². The Morgan fingerprint density at radius 3 is 2.31 bits per heavy atom. The van der Waals surface area contributed by atoms with Crippen molar-refractivity contribution in [1.29, 1.82) is 0 Å². The van der Waals surface area contributed by atoms with E-state index < -0.39 is 26.9 Å². The molecule has 1 heterocycles. The molecule has 0 radical (unpaired) electrons. The molecule has 0 amide bonds. The van der Waals surface area contributed by atoms with Gasteiger partial charge in [-0.2, -0.15) is 21.6 Å². The number of methoxy groups -OCH3 is 1. The number of para-hydroxylation sites is 1. The first-order valence-electron chi connectivity index (χ1n) is 8.95. The summed E-state index contributed by atoms with van der Waals surface area (Å²) in [6.45, 7) is 0.0593. The second-order valence-electron chi connectivity index (χ2n) is 6.43. The van der Waals surface area contributed by atoms with E-state index in [2.05, 4.69) is 9.17 Å². The Morgan fingerprint density at radius 2 is 1.69 bits per heavy atom. The number of rotatable bonds is 7. The molecule has 0 unspecified atom stereocenters. The largest absolute Gasteiger partial charge is 0.534 e. The van der Waals surface area contributed by atoms with E-state index >= 15 is 0 Å². The standard InChI is InChI=1S/C20H17F3N2O6S/c1-25-18(15-5-3-4-6-16(15)31-32(27,28)20(21,22)23)24-11-17(19(25)26)30-12-13-7-9-14(29-2)10-8-13/h3-11H,12H2,1-2H3.